The largest absolute Gasteiger partial charge is 0.491 e. The van der Waals surface area contributed by atoms with E-state index in [9.17, 15) is 4.79 Å². The molecule has 0 bridgehead atoms. The third-order valence-corrected chi connectivity index (χ3v) is 5.19. The lowest BCUT2D eigenvalue weighted by Crippen LogP contribution is -2.34. The molecule has 1 heterocycles. The number of thiocarbonyl (C=S) groups is 1. The van der Waals surface area contributed by atoms with Gasteiger partial charge in [0, 0.05) is 30.0 Å². The van der Waals surface area contributed by atoms with Crippen LogP contribution in [0.1, 0.15) is 44.0 Å². The van der Waals surface area contributed by atoms with E-state index in [-0.39, 0.29) is 17.1 Å². The van der Waals surface area contributed by atoms with E-state index in [4.69, 9.17) is 17.0 Å². The van der Waals surface area contributed by atoms with E-state index in [0.717, 1.165) is 30.4 Å². The first-order valence-electron chi connectivity index (χ1n) is 10.1. The van der Waals surface area contributed by atoms with Crippen molar-refractivity contribution in [1.82, 2.24) is 5.32 Å². The maximum absolute atomic E-state index is 12.4. The SMILES string of the molecule is CC1CCN(c2ccc(NC(=S)NC(=O)c3ccc(OC(C)C)cc3)cc2)CC1. The Morgan fingerprint density at radius 2 is 1.69 bits per heavy atom. The van der Waals surface area contributed by atoms with Gasteiger partial charge in [-0.2, -0.15) is 0 Å². The fourth-order valence-electron chi connectivity index (χ4n) is 3.32. The molecule has 0 aromatic heterocycles. The van der Waals surface area contributed by atoms with Crippen molar-refractivity contribution in [2.24, 2.45) is 5.92 Å². The summed E-state index contributed by atoms with van der Waals surface area (Å²) in [7, 11) is 0. The van der Waals surface area contributed by atoms with Gasteiger partial charge in [0.15, 0.2) is 5.11 Å². The highest BCUT2D eigenvalue weighted by Gasteiger charge is 2.16. The Hall–Kier alpha value is -2.60. The molecule has 29 heavy (non-hydrogen) atoms. The summed E-state index contributed by atoms with van der Waals surface area (Å²) < 4.78 is 5.59. The number of amides is 1. The first-order chi connectivity index (χ1) is 13.9. The van der Waals surface area contributed by atoms with Crippen molar-refractivity contribution in [1.29, 1.82) is 0 Å². The number of hydrogen-bond acceptors (Lipinski definition) is 4. The fraction of sp³-hybridized carbons (Fsp3) is 0.391. The molecule has 154 valence electrons. The Kier molecular flexibility index (Phi) is 7.09. The molecule has 1 fully saturated rings. The summed E-state index contributed by atoms with van der Waals surface area (Å²) in [6.45, 7) is 8.44. The average molecular weight is 412 g/mol. The van der Waals surface area contributed by atoms with Gasteiger partial charge in [0.25, 0.3) is 5.91 Å². The van der Waals surface area contributed by atoms with Gasteiger partial charge >= 0.3 is 0 Å². The second-order valence-corrected chi connectivity index (χ2v) is 8.22. The molecule has 2 aromatic rings. The molecule has 5 nitrogen and oxygen atoms in total. The van der Waals surface area contributed by atoms with Crippen molar-refractivity contribution in [2.75, 3.05) is 23.3 Å². The number of nitrogens with one attached hydrogen (secondary N) is 2. The molecule has 0 spiro atoms. The van der Waals surface area contributed by atoms with Gasteiger partial charge in [-0.1, -0.05) is 6.92 Å². The van der Waals surface area contributed by atoms with Gasteiger partial charge in [0.1, 0.15) is 5.75 Å². The van der Waals surface area contributed by atoms with Gasteiger partial charge in [-0.15, -0.1) is 0 Å². The second kappa shape index (κ2) is 9.74. The molecule has 3 rings (SSSR count). The summed E-state index contributed by atoms with van der Waals surface area (Å²) in [4.78, 5) is 14.8. The quantitative estimate of drug-likeness (QED) is 0.690. The van der Waals surface area contributed by atoms with Gasteiger partial charge in [0.05, 0.1) is 6.10 Å². The van der Waals surface area contributed by atoms with Crippen molar-refractivity contribution in [3.05, 3.63) is 54.1 Å². The van der Waals surface area contributed by atoms with Crippen LogP contribution in [0.2, 0.25) is 0 Å². The third kappa shape index (κ3) is 6.19. The summed E-state index contributed by atoms with van der Waals surface area (Å²) >= 11 is 5.29. The monoisotopic (exact) mass is 411 g/mol. The molecule has 0 atom stereocenters. The highest BCUT2D eigenvalue weighted by molar-refractivity contribution is 7.80. The summed E-state index contributed by atoms with van der Waals surface area (Å²) in [5.41, 5.74) is 2.60. The number of piperidine rings is 1. The molecule has 1 aliphatic rings. The first kappa shape index (κ1) is 21.1. The predicted molar refractivity (Wildman–Crippen MR) is 123 cm³/mol. The normalized spacial score (nSPS) is 14.6. The predicted octanol–water partition coefficient (Wildman–Crippen LogP) is 4.84. The summed E-state index contributed by atoms with van der Waals surface area (Å²) in [5, 5.41) is 6.07. The van der Waals surface area contributed by atoms with Crippen LogP contribution >= 0.6 is 12.2 Å². The third-order valence-electron chi connectivity index (χ3n) is 4.99. The van der Waals surface area contributed by atoms with Crippen LogP contribution < -0.4 is 20.3 Å². The van der Waals surface area contributed by atoms with Crippen LogP contribution in [0.4, 0.5) is 11.4 Å². The van der Waals surface area contributed by atoms with Gasteiger partial charge in [-0.05, 0) is 93.4 Å². The Morgan fingerprint density at radius 1 is 1.07 bits per heavy atom. The van der Waals surface area contributed by atoms with Crippen LogP contribution in [0.25, 0.3) is 0 Å². The van der Waals surface area contributed by atoms with Crippen molar-refractivity contribution < 1.29 is 9.53 Å². The minimum Gasteiger partial charge on any atom is -0.491 e. The maximum Gasteiger partial charge on any atom is 0.257 e. The summed E-state index contributed by atoms with van der Waals surface area (Å²) in [6.07, 6.45) is 2.57. The number of carbonyl (C=O) groups is 1. The van der Waals surface area contributed by atoms with Crippen LogP contribution in [0.3, 0.4) is 0 Å². The molecule has 1 aliphatic heterocycles. The highest BCUT2D eigenvalue weighted by Crippen LogP contribution is 2.24. The Morgan fingerprint density at radius 3 is 2.28 bits per heavy atom. The first-order valence-corrected chi connectivity index (χ1v) is 10.6. The zero-order valence-corrected chi connectivity index (χ0v) is 18.1. The van der Waals surface area contributed by atoms with Crippen LogP contribution in [0.5, 0.6) is 5.75 Å². The van der Waals surface area contributed by atoms with E-state index in [1.807, 2.05) is 26.0 Å². The van der Waals surface area contributed by atoms with Gasteiger partial charge in [0.2, 0.25) is 0 Å². The smallest absolute Gasteiger partial charge is 0.257 e. The molecule has 0 aliphatic carbocycles. The van der Waals surface area contributed by atoms with Gasteiger partial charge in [-0.25, -0.2) is 0 Å². The number of carbonyl (C=O) groups excluding carboxylic acids is 1. The van der Waals surface area contributed by atoms with Crippen molar-refractivity contribution in [3.63, 3.8) is 0 Å². The minimum absolute atomic E-state index is 0.0938. The van der Waals surface area contributed by atoms with Crippen LogP contribution in [-0.4, -0.2) is 30.2 Å². The zero-order valence-electron chi connectivity index (χ0n) is 17.3. The second-order valence-electron chi connectivity index (χ2n) is 7.82. The average Bonchev–Trinajstić information content (AvgIpc) is 2.69. The molecule has 6 heteroatoms. The Balaban J connectivity index is 1.51. The lowest BCUT2D eigenvalue weighted by atomic mass is 9.99. The minimum atomic E-state index is -0.252. The molecular formula is C23H29N3O2S. The van der Waals surface area contributed by atoms with E-state index < -0.39 is 0 Å². The van der Waals surface area contributed by atoms with E-state index in [0.29, 0.717) is 5.56 Å². The molecular weight excluding hydrogens is 382 g/mol. The molecule has 1 amide bonds. The van der Waals surface area contributed by atoms with Crippen molar-refractivity contribution in [2.45, 2.75) is 39.7 Å². The number of benzene rings is 2. The number of ether oxygens (including phenoxy) is 1. The van der Waals surface area contributed by atoms with Crippen LogP contribution in [-0.2, 0) is 0 Å². The summed E-state index contributed by atoms with van der Waals surface area (Å²) in [6, 6.07) is 15.2. The molecule has 2 N–H and O–H groups in total. The maximum atomic E-state index is 12.4. The van der Waals surface area contributed by atoms with Gasteiger partial charge in [-0.3, -0.25) is 10.1 Å². The lowest BCUT2D eigenvalue weighted by Gasteiger charge is -2.32. The van der Waals surface area contributed by atoms with E-state index in [2.05, 4.69) is 34.6 Å². The molecule has 1 saturated heterocycles. The standard InChI is InChI=1S/C23H29N3O2S/c1-16(2)28-21-10-4-18(5-11-21)22(27)25-23(29)24-19-6-8-20(9-7-19)26-14-12-17(3)13-15-26/h4-11,16-17H,12-15H2,1-3H3,(H2,24,25,27,29). The highest BCUT2D eigenvalue weighted by atomic mass is 32.1. The fourth-order valence-corrected chi connectivity index (χ4v) is 3.53. The van der Waals surface area contributed by atoms with E-state index in [1.54, 1.807) is 24.3 Å². The molecule has 2 aromatic carbocycles. The Labute approximate surface area is 178 Å². The Bertz CT molecular complexity index is 826. The van der Waals surface area contributed by atoms with Crippen molar-refractivity contribution in [3.8, 4) is 5.75 Å². The molecule has 0 unspecified atom stereocenters. The van der Waals surface area contributed by atoms with Crippen LogP contribution in [0.15, 0.2) is 48.5 Å². The lowest BCUT2D eigenvalue weighted by molar-refractivity contribution is 0.0977. The number of hydrogen-bond donors (Lipinski definition) is 2. The molecule has 0 saturated carbocycles. The topological polar surface area (TPSA) is 53.6 Å². The van der Waals surface area contributed by atoms with Crippen molar-refractivity contribution >= 4 is 34.6 Å². The molecule has 0 radical (unpaired) electrons. The van der Waals surface area contributed by atoms with E-state index >= 15 is 0 Å². The summed E-state index contributed by atoms with van der Waals surface area (Å²) in [5.74, 6) is 1.30. The van der Waals surface area contributed by atoms with Crippen LogP contribution in [0, 0.1) is 5.92 Å². The zero-order chi connectivity index (χ0) is 20.8. The number of anilines is 2. The number of nitrogens with zero attached hydrogens (tertiary/aromatic N) is 1. The number of rotatable bonds is 5. The van der Waals surface area contributed by atoms with Gasteiger partial charge < -0.3 is 15.0 Å². The van der Waals surface area contributed by atoms with E-state index in [1.165, 1.54) is 18.5 Å².